The van der Waals surface area contributed by atoms with Crippen LogP contribution in [-0.2, 0) is 7.05 Å². The second-order valence-electron chi connectivity index (χ2n) is 3.32. The molecule has 4 nitrogen and oxygen atoms in total. The number of rotatable bonds is 2. The van der Waals surface area contributed by atoms with Gasteiger partial charge in [-0.05, 0) is 12.1 Å². The van der Waals surface area contributed by atoms with Gasteiger partial charge in [-0.1, -0.05) is 0 Å². The van der Waals surface area contributed by atoms with Crippen molar-refractivity contribution in [1.82, 2.24) is 9.55 Å². The maximum Gasteiger partial charge on any atom is 0.143 e. The summed E-state index contributed by atoms with van der Waals surface area (Å²) in [5.74, 6) is 1.61. The first-order chi connectivity index (χ1) is 7.22. The van der Waals surface area contributed by atoms with E-state index in [0.29, 0.717) is 5.69 Å². The molecule has 0 spiro atoms. The third-order valence-electron chi connectivity index (χ3n) is 2.29. The number of hydrogen-bond acceptors (Lipinski definition) is 3. The van der Waals surface area contributed by atoms with Gasteiger partial charge in [-0.15, -0.1) is 0 Å². The molecule has 0 aliphatic rings. The Kier molecular flexibility index (Phi) is 2.33. The topological polar surface area (TPSA) is 53.1 Å². The van der Waals surface area contributed by atoms with Gasteiger partial charge in [-0.2, -0.15) is 0 Å². The Morgan fingerprint density at radius 3 is 2.80 bits per heavy atom. The summed E-state index contributed by atoms with van der Waals surface area (Å²) in [5, 5.41) is 0. The third-order valence-corrected chi connectivity index (χ3v) is 2.29. The monoisotopic (exact) mass is 203 g/mol. The number of imidazole rings is 1. The SMILES string of the molecule is COc1cc(N)ccc1-c1nccn1C. The Labute approximate surface area is 88.3 Å². The molecule has 1 aromatic heterocycles. The molecule has 0 saturated carbocycles. The first-order valence-electron chi connectivity index (χ1n) is 4.63. The molecule has 0 radical (unpaired) electrons. The average molecular weight is 203 g/mol. The standard InChI is InChI=1S/C11H13N3O/c1-14-6-5-13-11(14)9-4-3-8(12)7-10(9)15-2/h3-7H,12H2,1-2H3. The van der Waals surface area contributed by atoms with Crippen molar-refractivity contribution in [2.45, 2.75) is 0 Å². The lowest BCUT2D eigenvalue weighted by molar-refractivity contribution is 0.416. The zero-order valence-electron chi connectivity index (χ0n) is 8.77. The van der Waals surface area contributed by atoms with Gasteiger partial charge in [0.05, 0.1) is 12.7 Å². The highest BCUT2D eigenvalue weighted by Gasteiger charge is 2.09. The highest BCUT2D eigenvalue weighted by atomic mass is 16.5. The lowest BCUT2D eigenvalue weighted by atomic mass is 10.1. The summed E-state index contributed by atoms with van der Waals surface area (Å²) in [6.45, 7) is 0. The third kappa shape index (κ3) is 1.66. The maximum absolute atomic E-state index is 5.69. The molecule has 1 heterocycles. The predicted molar refractivity (Wildman–Crippen MR) is 59.6 cm³/mol. The van der Waals surface area contributed by atoms with Crippen LogP contribution in [0.15, 0.2) is 30.6 Å². The number of benzene rings is 1. The van der Waals surface area contributed by atoms with E-state index in [9.17, 15) is 0 Å². The fourth-order valence-electron chi connectivity index (χ4n) is 1.52. The molecule has 15 heavy (non-hydrogen) atoms. The van der Waals surface area contributed by atoms with Crippen LogP contribution >= 0.6 is 0 Å². The number of anilines is 1. The highest BCUT2D eigenvalue weighted by Crippen LogP contribution is 2.29. The Balaban J connectivity index is 2.58. The van der Waals surface area contributed by atoms with Gasteiger partial charge >= 0.3 is 0 Å². The summed E-state index contributed by atoms with van der Waals surface area (Å²) in [5.41, 5.74) is 7.32. The van der Waals surface area contributed by atoms with E-state index in [1.165, 1.54) is 0 Å². The van der Waals surface area contributed by atoms with Crippen molar-refractivity contribution in [2.75, 3.05) is 12.8 Å². The summed E-state index contributed by atoms with van der Waals surface area (Å²) in [4.78, 5) is 4.27. The van der Waals surface area contributed by atoms with Crippen LogP contribution in [0, 0.1) is 0 Å². The zero-order valence-corrected chi connectivity index (χ0v) is 8.77. The largest absolute Gasteiger partial charge is 0.496 e. The first kappa shape index (κ1) is 9.58. The molecule has 0 amide bonds. The summed E-state index contributed by atoms with van der Waals surface area (Å²) in [6, 6.07) is 5.55. The second kappa shape index (κ2) is 3.65. The summed E-state index contributed by atoms with van der Waals surface area (Å²) in [6.07, 6.45) is 3.65. The van der Waals surface area contributed by atoms with Crippen LogP contribution < -0.4 is 10.5 Å². The van der Waals surface area contributed by atoms with Crippen molar-refractivity contribution in [3.05, 3.63) is 30.6 Å². The number of aryl methyl sites for hydroxylation is 1. The lowest BCUT2D eigenvalue weighted by Crippen LogP contribution is -1.96. The number of ether oxygens (including phenoxy) is 1. The molecule has 0 aliphatic carbocycles. The van der Waals surface area contributed by atoms with Gasteiger partial charge in [0.25, 0.3) is 0 Å². The molecule has 0 atom stereocenters. The maximum atomic E-state index is 5.69. The minimum Gasteiger partial charge on any atom is -0.496 e. The Hall–Kier alpha value is -1.97. The molecular weight excluding hydrogens is 190 g/mol. The van der Waals surface area contributed by atoms with Crippen LogP contribution in [0.4, 0.5) is 5.69 Å². The lowest BCUT2D eigenvalue weighted by Gasteiger charge is -2.08. The van der Waals surface area contributed by atoms with Crippen molar-refractivity contribution in [3.8, 4) is 17.1 Å². The Bertz CT molecular complexity index is 476. The number of hydrogen-bond donors (Lipinski definition) is 1. The number of nitrogen functional groups attached to an aromatic ring is 1. The van der Waals surface area contributed by atoms with E-state index in [2.05, 4.69) is 4.98 Å². The quantitative estimate of drug-likeness (QED) is 0.755. The van der Waals surface area contributed by atoms with E-state index in [1.807, 2.05) is 29.9 Å². The normalized spacial score (nSPS) is 10.3. The van der Waals surface area contributed by atoms with Crippen molar-refractivity contribution < 1.29 is 4.74 Å². The molecule has 0 fully saturated rings. The first-order valence-corrected chi connectivity index (χ1v) is 4.63. The molecule has 2 rings (SSSR count). The van der Waals surface area contributed by atoms with Crippen LogP contribution in [0.1, 0.15) is 0 Å². The Morgan fingerprint density at radius 1 is 1.40 bits per heavy atom. The number of methoxy groups -OCH3 is 1. The molecule has 78 valence electrons. The number of nitrogens with two attached hydrogens (primary N) is 1. The van der Waals surface area contributed by atoms with E-state index in [1.54, 1.807) is 19.4 Å². The molecule has 1 aromatic carbocycles. The van der Waals surface area contributed by atoms with E-state index in [-0.39, 0.29) is 0 Å². The number of aromatic nitrogens is 2. The molecular formula is C11H13N3O. The van der Waals surface area contributed by atoms with Gasteiger partial charge in [0.1, 0.15) is 11.6 Å². The fraction of sp³-hybridized carbons (Fsp3) is 0.182. The van der Waals surface area contributed by atoms with Gasteiger partial charge in [0.2, 0.25) is 0 Å². The van der Waals surface area contributed by atoms with Crippen molar-refractivity contribution in [1.29, 1.82) is 0 Å². The van der Waals surface area contributed by atoms with Crippen LogP contribution in [-0.4, -0.2) is 16.7 Å². The van der Waals surface area contributed by atoms with E-state index in [0.717, 1.165) is 17.1 Å². The van der Waals surface area contributed by atoms with Crippen LogP contribution in [0.25, 0.3) is 11.4 Å². The molecule has 0 unspecified atom stereocenters. The Morgan fingerprint density at radius 2 is 2.20 bits per heavy atom. The molecule has 0 saturated heterocycles. The summed E-state index contributed by atoms with van der Waals surface area (Å²) in [7, 11) is 3.57. The highest BCUT2D eigenvalue weighted by molar-refractivity contribution is 5.68. The van der Waals surface area contributed by atoms with Crippen LogP contribution in [0.5, 0.6) is 5.75 Å². The minimum atomic E-state index is 0.685. The van der Waals surface area contributed by atoms with Crippen molar-refractivity contribution in [3.63, 3.8) is 0 Å². The molecule has 0 bridgehead atoms. The van der Waals surface area contributed by atoms with Crippen LogP contribution in [0.3, 0.4) is 0 Å². The van der Waals surface area contributed by atoms with Crippen molar-refractivity contribution in [2.24, 2.45) is 7.05 Å². The van der Waals surface area contributed by atoms with Gasteiger partial charge in [0, 0.05) is 31.2 Å². The number of nitrogens with zero attached hydrogens (tertiary/aromatic N) is 2. The molecule has 2 aromatic rings. The predicted octanol–water partition coefficient (Wildman–Crippen LogP) is 1.68. The summed E-state index contributed by atoms with van der Waals surface area (Å²) >= 11 is 0. The van der Waals surface area contributed by atoms with E-state index < -0.39 is 0 Å². The van der Waals surface area contributed by atoms with E-state index in [4.69, 9.17) is 10.5 Å². The van der Waals surface area contributed by atoms with Crippen molar-refractivity contribution >= 4 is 5.69 Å². The zero-order chi connectivity index (χ0) is 10.8. The molecule has 4 heteroatoms. The van der Waals surface area contributed by atoms with Crippen LogP contribution in [0.2, 0.25) is 0 Å². The minimum absolute atomic E-state index is 0.685. The molecule has 0 aliphatic heterocycles. The summed E-state index contributed by atoms with van der Waals surface area (Å²) < 4.78 is 7.21. The van der Waals surface area contributed by atoms with E-state index >= 15 is 0 Å². The average Bonchev–Trinajstić information content (AvgIpc) is 2.64. The van der Waals surface area contributed by atoms with Gasteiger partial charge in [-0.25, -0.2) is 4.98 Å². The van der Waals surface area contributed by atoms with Gasteiger partial charge in [0.15, 0.2) is 0 Å². The van der Waals surface area contributed by atoms with Gasteiger partial charge < -0.3 is 15.0 Å². The van der Waals surface area contributed by atoms with Gasteiger partial charge in [-0.3, -0.25) is 0 Å². The molecule has 2 N–H and O–H groups in total. The second-order valence-corrected chi connectivity index (χ2v) is 3.32. The fourth-order valence-corrected chi connectivity index (χ4v) is 1.52. The smallest absolute Gasteiger partial charge is 0.143 e.